The van der Waals surface area contributed by atoms with Crippen LogP contribution >= 0.6 is 34.7 Å². The Bertz CT molecular complexity index is 77.5. The summed E-state index contributed by atoms with van der Waals surface area (Å²) in [4.78, 5) is 1.76. The molecular weight excluding hydrogens is 338 g/mol. The molecular formula is C3H7Mo2NS3. The van der Waals surface area contributed by atoms with Gasteiger partial charge in [0.2, 0.25) is 0 Å². The van der Waals surface area contributed by atoms with E-state index < -0.39 is 0 Å². The van der Waals surface area contributed by atoms with Crippen molar-refractivity contribution in [3.8, 4) is 0 Å². The van der Waals surface area contributed by atoms with E-state index in [0.717, 1.165) is 0 Å². The van der Waals surface area contributed by atoms with E-state index in [1.54, 1.807) is 4.90 Å². The van der Waals surface area contributed by atoms with Crippen molar-refractivity contribution in [1.29, 1.82) is 0 Å². The van der Waals surface area contributed by atoms with E-state index in [-0.39, 0.29) is 21.1 Å². The van der Waals surface area contributed by atoms with Gasteiger partial charge in [0.1, 0.15) is 4.32 Å². The van der Waals surface area contributed by atoms with Crippen LogP contribution < -0.4 is 0 Å². The predicted octanol–water partition coefficient (Wildman–Crippen LogP) is 1.41. The van der Waals surface area contributed by atoms with E-state index in [9.17, 15) is 0 Å². The van der Waals surface area contributed by atoms with Crippen LogP contribution in [-0.4, -0.2) is 23.3 Å². The van der Waals surface area contributed by atoms with Crippen LogP contribution in [0.1, 0.15) is 0 Å². The quantitative estimate of drug-likeness (QED) is 0.402. The number of thiocarbonyl (C=S) groups is 1. The van der Waals surface area contributed by atoms with Gasteiger partial charge in [0.25, 0.3) is 0 Å². The molecule has 0 bridgehead atoms. The van der Waals surface area contributed by atoms with Gasteiger partial charge < -0.3 is 4.90 Å². The van der Waals surface area contributed by atoms with E-state index in [2.05, 4.69) is 34.7 Å². The molecule has 0 rings (SSSR count). The Labute approximate surface area is 96.0 Å². The fourth-order valence-electron chi connectivity index (χ4n) is 0. The van der Waals surface area contributed by atoms with Gasteiger partial charge in [-0.05, 0) is 0 Å². The van der Waals surface area contributed by atoms with Crippen molar-refractivity contribution in [2.24, 2.45) is 0 Å². The maximum atomic E-state index is 4.61. The molecule has 0 radical (unpaired) electrons. The maximum absolute atomic E-state index is 4.61. The first-order chi connectivity index (χ1) is 3.64. The van der Waals surface area contributed by atoms with Gasteiger partial charge in [-0.3, -0.25) is 0 Å². The molecule has 0 aromatic heterocycles. The monoisotopic (exact) mass is 349 g/mol. The molecule has 0 atom stereocenters. The fourth-order valence-corrected chi connectivity index (χ4v) is 0. The van der Waals surface area contributed by atoms with Gasteiger partial charge >= 0.3 is 27.8 Å². The minimum atomic E-state index is 0. The first kappa shape index (κ1) is 17.1. The molecule has 0 fully saturated rings. The summed E-state index contributed by atoms with van der Waals surface area (Å²) in [6.07, 6.45) is 0. The number of hydrogen-bond donors (Lipinski definition) is 1. The van der Waals surface area contributed by atoms with E-state index in [4.69, 9.17) is 0 Å². The van der Waals surface area contributed by atoms with Crippen LogP contribution in [0.2, 0.25) is 0 Å². The van der Waals surface area contributed by atoms with Crippen molar-refractivity contribution in [1.82, 2.24) is 4.90 Å². The molecule has 0 saturated heterocycles. The number of nitrogens with zero attached hydrogens (tertiary/aromatic N) is 1. The number of thiol groups is 1. The fraction of sp³-hybridized carbons (Fsp3) is 0.667. The zero-order valence-corrected chi connectivity index (χ0v) is 11.6. The van der Waals surface area contributed by atoms with Crippen LogP contribution in [0.15, 0.2) is 0 Å². The third-order valence-electron chi connectivity index (χ3n) is 0.383. The van der Waals surface area contributed by atoms with Gasteiger partial charge in [0, 0.05) is 35.2 Å². The summed E-state index contributed by atoms with van der Waals surface area (Å²) in [7, 11) is 7.81. The molecule has 0 unspecified atom stereocenters. The second kappa shape index (κ2) is 12.5. The van der Waals surface area contributed by atoms with Crippen LogP contribution in [0.25, 0.3) is 0 Å². The molecule has 0 aliphatic carbocycles. The molecule has 6 heteroatoms. The zero-order valence-electron chi connectivity index (χ0n) is 5.03. The summed E-state index contributed by atoms with van der Waals surface area (Å²) in [5.74, 6) is 0. The SMILES string of the molecule is CN(C)C(=S)S.[Mo].[S]=[Mo]. The van der Waals surface area contributed by atoms with Crippen molar-refractivity contribution < 1.29 is 39.1 Å². The topological polar surface area (TPSA) is 3.24 Å². The third-order valence-corrected chi connectivity index (χ3v) is 1.15. The van der Waals surface area contributed by atoms with Crippen molar-refractivity contribution in [2.75, 3.05) is 14.1 Å². The molecule has 0 amide bonds. The van der Waals surface area contributed by atoms with Gasteiger partial charge in [-0.15, -0.1) is 12.6 Å². The Hall–Kier alpha value is 1.84. The van der Waals surface area contributed by atoms with Gasteiger partial charge in [-0.25, -0.2) is 0 Å². The van der Waals surface area contributed by atoms with E-state index in [0.29, 0.717) is 4.32 Å². The van der Waals surface area contributed by atoms with Gasteiger partial charge in [-0.1, -0.05) is 12.2 Å². The summed E-state index contributed by atoms with van der Waals surface area (Å²) in [5.41, 5.74) is 0. The van der Waals surface area contributed by atoms with Crippen molar-refractivity contribution in [3.63, 3.8) is 0 Å². The molecule has 9 heavy (non-hydrogen) atoms. The van der Waals surface area contributed by atoms with Gasteiger partial charge in [0.15, 0.2) is 0 Å². The average Bonchev–Trinajstić information content (AvgIpc) is 1.72. The first-order valence-electron chi connectivity index (χ1n) is 1.71. The van der Waals surface area contributed by atoms with Crippen molar-refractivity contribution >= 4 is 39.0 Å². The molecule has 54 valence electrons. The first-order valence-corrected chi connectivity index (χ1v) is 5.36. The Morgan fingerprint density at radius 3 is 1.56 bits per heavy atom. The summed E-state index contributed by atoms with van der Waals surface area (Å²) in [6.45, 7) is 0. The standard InChI is InChI=1S/C3H7NS2.2Mo.S/c1-4(2)3(5)6;;;/h1-2H3,(H,5,6);;;. The predicted molar refractivity (Wildman–Crippen MR) is 42.9 cm³/mol. The van der Waals surface area contributed by atoms with Crippen LogP contribution in [0.3, 0.4) is 0 Å². The number of rotatable bonds is 0. The van der Waals surface area contributed by atoms with E-state index in [1.165, 1.54) is 18.0 Å². The Kier molecular flexibility index (Phi) is 23.7. The van der Waals surface area contributed by atoms with Crippen LogP contribution in [0, 0.1) is 0 Å². The van der Waals surface area contributed by atoms with Crippen molar-refractivity contribution in [2.45, 2.75) is 0 Å². The number of hydrogen-bond acceptors (Lipinski definition) is 2. The Balaban J connectivity index is -0.000000109. The average molecular weight is 345 g/mol. The normalized spacial score (nSPS) is 5.67. The summed E-state index contributed by atoms with van der Waals surface area (Å²) in [6, 6.07) is 0. The van der Waals surface area contributed by atoms with Gasteiger partial charge in [0.05, 0.1) is 0 Å². The van der Waals surface area contributed by atoms with Crippen LogP contribution in [0.5, 0.6) is 0 Å². The molecule has 0 aromatic carbocycles. The van der Waals surface area contributed by atoms with E-state index in [1.807, 2.05) is 14.1 Å². The van der Waals surface area contributed by atoms with Crippen molar-refractivity contribution in [3.05, 3.63) is 0 Å². The van der Waals surface area contributed by atoms with E-state index >= 15 is 0 Å². The molecule has 0 spiro atoms. The molecule has 0 saturated carbocycles. The Morgan fingerprint density at radius 1 is 1.44 bits per heavy atom. The molecule has 0 N–H and O–H groups in total. The molecule has 1 nitrogen and oxygen atoms in total. The molecule has 0 heterocycles. The second-order valence-electron chi connectivity index (χ2n) is 1.18. The third kappa shape index (κ3) is 17.7. The molecule has 0 aromatic rings. The summed E-state index contributed by atoms with van der Waals surface area (Å²) in [5, 5.41) is 0. The van der Waals surface area contributed by atoms with Crippen LogP contribution in [0.4, 0.5) is 0 Å². The molecule has 0 aliphatic rings. The minimum absolute atomic E-state index is 0. The zero-order chi connectivity index (χ0) is 7.15. The van der Waals surface area contributed by atoms with Crippen LogP contribution in [-0.2, 0) is 39.1 Å². The van der Waals surface area contributed by atoms with Gasteiger partial charge in [-0.2, -0.15) is 0 Å². The summed E-state index contributed by atoms with van der Waals surface area (Å²) >= 11 is 9.99. The Morgan fingerprint density at radius 2 is 1.56 bits per heavy atom. The second-order valence-corrected chi connectivity index (χ2v) is 2.29. The molecule has 0 aliphatic heterocycles. The summed E-state index contributed by atoms with van der Waals surface area (Å²) < 4.78 is 0.620.